The van der Waals surface area contributed by atoms with E-state index in [1.165, 1.54) is 0 Å². The highest BCUT2D eigenvalue weighted by Crippen LogP contribution is 2.43. The van der Waals surface area contributed by atoms with Crippen molar-refractivity contribution in [2.45, 2.75) is 32.3 Å². The van der Waals surface area contributed by atoms with Crippen LogP contribution in [-0.2, 0) is 9.53 Å². The molecular weight excluding hydrogens is 362 g/mol. The number of ether oxygens (including phenoxy) is 1. The summed E-state index contributed by atoms with van der Waals surface area (Å²) in [5.74, 6) is -0.348. The van der Waals surface area contributed by atoms with Crippen LogP contribution in [-0.4, -0.2) is 29.8 Å². The molecule has 0 aliphatic carbocycles. The summed E-state index contributed by atoms with van der Waals surface area (Å²) >= 11 is 5.99. The first-order valence-electron chi connectivity index (χ1n) is 9.17. The monoisotopic (exact) mass is 383 g/mol. The number of nitrogens with one attached hydrogen (secondary N) is 1. The standard InChI is InChI=1S/C22H22ClNO3/c1-13-11-16(15-3-5-17(23)6-4-15)12-14(2)18(13)19-20(25)22(27-21(19)26)7-9-24-10-8-22/h3-6,11-12,24-25H,7-10H2,1-2H3. The molecule has 1 spiro atoms. The van der Waals surface area contributed by atoms with E-state index in [1.807, 2.05) is 50.2 Å². The summed E-state index contributed by atoms with van der Waals surface area (Å²) in [4.78, 5) is 12.7. The third-order valence-corrected chi connectivity index (χ3v) is 5.78. The third kappa shape index (κ3) is 3.03. The Hall–Kier alpha value is -2.30. The zero-order valence-electron chi connectivity index (χ0n) is 15.4. The number of esters is 1. The molecule has 2 aromatic rings. The molecule has 4 rings (SSSR count). The van der Waals surface area contributed by atoms with Gasteiger partial charge in [-0.25, -0.2) is 4.79 Å². The number of aryl methyl sites for hydroxylation is 2. The summed E-state index contributed by atoms with van der Waals surface area (Å²) in [6, 6.07) is 11.7. The normalized spacial score (nSPS) is 18.9. The highest BCUT2D eigenvalue weighted by atomic mass is 35.5. The van der Waals surface area contributed by atoms with Crippen molar-refractivity contribution in [2.24, 2.45) is 0 Å². The highest BCUT2D eigenvalue weighted by molar-refractivity contribution is 6.30. The van der Waals surface area contributed by atoms with Crippen molar-refractivity contribution in [1.29, 1.82) is 0 Å². The Labute approximate surface area is 163 Å². The Bertz CT molecular complexity index is 918. The zero-order valence-corrected chi connectivity index (χ0v) is 16.2. The van der Waals surface area contributed by atoms with Crippen molar-refractivity contribution >= 4 is 23.1 Å². The minimum Gasteiger partial charge on any atom is -0.507 e. The SMILES string of the molecule is Cc1cc(-c2ccc(Cl)cc2)cc(C)c1C1=C(O)C2(CCNCC2)OC1=O. The minimum absolute atomic E-state index is 0.0828. The molecule has 0 aromatic heterocycles. The molecule has 2 aliphatic heterocycles. The molecule has 2 N–H and O–H groups in total. The first kappa shape index (κ1) is 18.1. The largest absolute Gasteiger partial charge is 0.507 e. The van der Waals surface area contributed by atoms with Gasteiger partial charge in [-0.1, -0.05) is 35.9 Å². The van der Waals surface area contributed by atoms with Gasteiger partial charge in [-0.3, -0.25) is 0 Å². The molecule has 1 fully saturated rings. The van der Waals surface area contributed by atoms with E-state index in [1.54, 1.807) is 0 Å². The van der Waals surface area contributed by atoms with E-state index in [2.05, 4.69) is 5.32 Å². The van der Waals surface area contributed by atoms with Crippen molar-refractivity contribution in [1.82, 2.24) is 5.32 Å². The molecule has 2 aliphatic rings. The van der Waals surface area contributed by atoms with Crippen LogP contribution in [0.3, 0.4) is 0 Å². The van der Waals surface area contributed by atoms with Gasteiger partial charge in [0.05, 0.1) is 0 Å². The van der Waals surface area contributed by atoms with E-state index in [9.17, 15) is 9.90 Å². The Balaban J connectivity index is 1.80. The molecule has 4 nitrogen and oxygen atoms in total. The highest BCUT2D eigenvalue weighted by Gasteiger charge is 2.49. The second kappa shape index (κ2) is 6.70. The molecule has 2 aromatic carbocycles. The smallest absolute Gasteiger partial charge is 0.343 e. The maximum atomic E-state index is 12.7. The van der Waals surface area contributed by atoms with Crippen LogP contribution in [0.5, 0.6) is 0 Å². The predicted molar refractivity (Wildman–Crippen MR) is 107 cm³/mol. The van der Waals surface area contributed by atoms with E-state index >= 15 is 0 Å². The maximum Gasteiger partial charge on any atom is 0.343 e. The molecule has 140 valence electrons. The first-order chi connectivity index (χ1) is 12.9. The number of rotatable bonds is 2. The van der Waals surface area contributed by atoms with Crippen LogP contribution in [0.25, 0.3) is 16.7 Å². The molecule has 0 atom stereocenters. The van der Waals surface area contributed by atoms with Gasteiger partial charge in [0.2, 0.25) is 0 Å². The Morgan fingerprint density at radius 3 is 2.22 bits per heavy atom. The molecule has 5 heteroatoms. The Kier molecular flexibility index (Phi) is 4.49. The molecule has 0 saturated carbocycles. The minimum atomic E-state index is -0.870. The lowest BCUT2D eigenvalue weighted by atomic mass is 9.86. The molecule has 1 saturated heterocycles. The lowest BCUT2D eigenvalue weighted by Gasteiger charge is -2.32. The zero-order chi connectivity index (χ0) is 19.2. The van der Waals surface area contributed by atoms with E-state index < -0.39 is 11.6 Å². The van der Waals surface area contributed by atoms with E-state index in [-0.39, 0.29) is 5.76 Å². The van der Waals surface area contributed by atoms with Gasteiger partial charge in [-0.2, -0.15) is 0 Å². The second-order valence-corrected chi connectivity index (χ2v) is 7.79. The number of carbonyl (C=O) groups is 1. The van der Waals surface area contributed by atoms with Crippen LogP contribution in [0, 0.1) is 13.8 Å². The van der Waals surface area contributed by atoms with E-state index in [0.717, 1.165) is 40.9 Å². The van der Waals surface area contributed by atoms with Gasteiger partial charge >= 0.3 is 5.97 Å². The quantitative estimate of drug-likeness (QED) is 0.746. The average molecular weight is 384 g/mol. The fourth-order valence-corrected chi connectivity index (χ4v) is 4.28. The van der Waals surface area contributed by atoms with Crippen LogP contribution in [0.15, 0.2) is 42.2 Å². The summed E-state index contributed by atoms with van der Waals surface area (Å²) in [6.07, 6.45) is 1.18. The lowest BCUT2D eigenvalue weighted by molar-refractivity contribution is -0.148. The van der Waals surface area contributed by atoms with Crippen molar-refractivity contribution in [2.75, 3.05) is 13.1 Å². The predicted octanol–water partition coefficient (Wildman–Crippen LogP) is 4.57. The number of aliphatic hydroxyl groups excluding tert-OH is 1. The average Bonchev–Trinajstić information content (AvgIpc) is 2.86. The second-order valence-electron chi connectivity index (χ2n) is 7.35. The van der Waals surface area contributed by atoms with E-state index in [4.69, 9.17) is 16.3 Å². The van der Waals surface area contributed by atoms with Crippen LogP contribution in [0.2, 0.25) is 5.02 Å². The first-order valence-corrected chi connectivity index (χ1v) is 9.54. The van der Waals surface area contributed by atoms with Crippen LogP contribution in [0.4, 0.5) is 0 Å². The van der Waals surface area contributed by atoms with Crippen LogP contribution >= 0.6 is 11.6 Å². The molecular formula is C22H22ClNO3. The topological polar surface area (TPSA) is 58.6 Å². The number of aliphatic hydroxyl groups is 1. The van der Waals surface area contributed by atoms with Crippen molar-refractivity contribution in [3.05, 3.63) is 63.9 Å². The Morgan fingerprint density at radius 2 is 1.63 bits per heavy atom. The number of hydrogen-bond acceptors (Lipinski definition) is 4. The summed E-state index contributed by atoms with van der Waals surface area (Å²) in [6.45, 7) is 5.36. The van der Waals surface area contributed by atoms with Crippen molar-refractivity contribution in [3.63, 3.8) is 0 Å². The summed E-state index contributed by atoms with van der Waals surface area (Å²) in [5, 5.41) is 14.9. The van der Waals surface area contributed by atoms with Gasteiger partial charge in [0.1, 0.15) is 5.57 Å². The fraction of sp³-hybridized carbons (Fsp3) is 0.318. The van der Waals surface area contributed by atoms with Gasteiger partial charge in [-0.05, 0) is 66.9 Å². The number of carbonyl (C=O) groups excluding carboxylic acids is 1. The molecule has 2 heterocycles. The van der Waals surface area contributed by atoms with E-state index in [0.29, 0.717) is 23.4 Å². The number of benzene rings is 2. The summed E-state index contributed by atoms with van der Waals surface area (Å²) in [5.41, 5.74) is 4.19. The Morgan fingerprint density at radius 1 is 1.04 bits per heavy atom. The van der Waals surface area contributed by atoms with Crippen LogP contribution in [0.1, 0.15) is 29.5 Å². The van der Waals surface area contributed by atoms with Crippen molar-refractivity contribution in [3.8, 4) is 11.1 Å². The summed E-state index contributed by atoms with van der Waals surface area (Å²) < 4.78 is 5.69. The molecule has 27 heavy (non-hydrogen) atoms. The number of hydrogen-bond donors (Lipinski definition) is 2. The lowest BCUT2D eigenvalue weighted by Crippen LogP contribution is -2.43. The molecule has 0 amide bonds. The van der Waals surface area contributed by atoms with Gasteiger partial charge in [0.25, 0.3) is 0 Å². The van der Waals surface area contributed by atoms with Crippen molar-refractivity contribution < 1.29 is 14.6 Å². The fourth-order valence-electron chi connectivity index (χ4n) is 4.16. The number of piperidine rings is 1. The molecule has 0 radical (unpaired) electrons. The molecule has 0 bridgehead atoms. The van der Waals surface area contributed by atoms with Gasteiger partial charge in [0, 0.05) is 17.9 Å². The summed E-state index contributed by atoms with van der Waals surface area (Å²) in [7, 11) is 0. The van der Waals surface area contributed by atoms with Gasteiger partial charge < -0.3 is 15.2 Å². The molecule has 0 unspecified atom stereocenters. The van der Waals surface area contributed by atoms with Gasteiger partial charge in [0.15, 0.2) is 11.4 Å². The third-order valence-electron chi connectivity index (χ3n) is 5.53. The van der Waals surface area contributed by atoms with Gasteiger partial charge in [-0.15, -0.1) is 0 Å². The number of halogens is 1. The van der Waals surface area contributed by atoms with Crippen LogP contribution < -0.4 is 5.32 Å². The maximum absolute atomic E-state index is 12.7.